The summed E-state index contributed by atoms with van der Waals surface area (Å²) in [6.45, 7) is 0.504. The van der Waals surface area contributed by atoms with Crippen LogP contribution < -0.4 is 16.2 Å². The summed E-state index contributed by atoms with van der Waals surface area (Å²) >= 11 is 11.8. The molecule has 134 valence electrons. The van der Waals surface area contributed by atoms with Gasteiger partial charge in [-0.25, -0.2) is 9.67 Å². The summed E-state index contributed by atoms with van der Waals surface area (Å²) in [5.74, 6) is 0.121. The van der Waals surface area contributed by atoms with Gasteiger partial charge < -0.3 is 10.6 Å². The fourth-order valence-corrected chi connectivity index (χ4v) is 2.69. The molecule has 0 fully saturated rings. The van der Waals surface area contributed by atoms with E-state index in [9.17, 15) is 9.59 Å². The normalized spacial score (nSPS) is 10.7. The molecular weight excluding hydrogens is 379 g/mol. The van der Waals surface area contributed by atoms with Crippen molar-refractivity contribution in [2.24, 2.45) is 0 Å². The van der Waals surface area contributed by atoms with Crippen LogP contribution in [0.2, 0.25) is 10.0 Å². The first-order valence-electron chi connectivity index (χ1n) is 7.69. The number of amides is 1. The summed E-state index contributed by atoms with van der Waals surface area (Å²) in [7, 11) is 0. The Kier molecular flexibility index (Phi) is 5.65. The van der Waals surface area contributed by atoms with Crippen LogP contribution in [0.25, 0.3) is 10.9 Å². The maximum absolute atomic E-state index is 12.3. The smallest absolute Gasteiger partial charge is 0.278 e. The third-order valence-corrected chi connectivity index (χ3v) is 3.96. The molecule has 2 N–H and O–H groups in total. The number of carbonyl (C=O) groups is 1. The molecule has 0 aliphatic carbocycles. The van der Waals surface area contributed by atoms with E-state index in [0.717, 1.165) is 4.68 Å². The molecule has 0 radical (unpaired) electrons. The second-order valence-electron chi connectivity index (χ2n) is 5.33. The lowest BCUT2D eigenvalue weighted by molar-refractivity contribution is -0.121. The van der Waals surface area contributed by atoms with Gasteiger partial charge in [-0.1, -0.05) is 40.5 Å². The zero-order chi connectivity index (χ0) is 18.5. The Morgan fingerprint density at radius 2 is 2.00 bits per heavy atom. The molecule has 3 aromatic rings. The van der Waals surface area contributed by atoms with Crippen molar-refractivity contribution >= 4 is 45.8 Å². The minimum absolute atomic E-state index is 0.212. The van der Waals surface area contributed by atoms with Gasteiger partial charge >= 0.3 is 0 Å². The molecule has 0 aliphatic rings. The number of aromatic nitrogens is 4. The van der Waals surface area contributed by atoms with Crippen molar-refractivity contribution in [3.05, 3.63) is 56.9 Å². The first kappa shape index (κ1) is 18.1. The first-order valence-corrected chi connectivity index (χ1v) is 8.44. The number of pyridine rings is 1. The highest BCUT2D eigenvalue weighted by molar-refractivity contribution is 6.35. The maximum atomic E-state index is 12.3. The summed E-state index contributed by atoms with van der Waals surface area (Å²) < 4.78 is 1.03. The van der Waals surface area contributed by atoms with Crippen LogP contribution in [0.4, 0.5) is 5.82 Å². The Labute approximate surface area is 158 Å². The average molecular weight is 393 g/mol. The number of hydrogen-bond acceptors (Lipinski definition) is 6. The maximum Gasteiger partial charge on any atom is 0.278 e. The van der Waals surface area contributed by atoms with E-state index in [2.05, 4.69) is 25.9 Å². The summed E-state index contributed by atoms with van der Waals surface area (Å²) in [4.78, 5) is 28.3. The van der Waals surface area contributed by atoms with Crippen LogP contribution in [-0.4, -0.2) is 39.0 Å². The largest absolute Gasteiger partial charge is 0.367 e. The van der Waals surface area contributed by atoms with Crippen LogP contribution in [0.5, 0.6) is 0 Å². The summed E-state index contributed by atoms with van der Waals surface area (Å²) in [6.07, 6.45) is 1.47. The number of halogens is 2. The highest BCUT2D eigenvalue weighted by Crippen LogP contribution is 2.21. The van der Waals surface area contributed by atoms with Gasteiger partial charge in [-0.3, -0.25) is 9.59 Å². The first-order chi connectivity index (χ1) is 12.5. The second kappa shape index (κ2) is 8.11. The van der Waals surface area contributed by atoms with Crippen LogP contribution in [-0.2, 0) is 11.3 Å². The van der Waals surface area contributed by atoms with Crippen molar-refractivity contribution in [1.29, 1.82) is 0 Å². The van der Waals surface area contributed by atoms with E-state index in [-0.39, 0.29) is 18.0 Å². The van der Waals surface area contributed by atoms with E-state index in [0.29, 0.717) is 39.9 Å². The fourth-order valence-electron chi connectivity index (χ4n) is 2.25. The molecule has 26 heavy (non-hydrogen) atoms. The van der Waals surface area contributed by atoms with Crippen molar-refractivity contribution in [1.82, 2.24) is 25.3 Å². The van der Waals surface area contributed by atoms with Gasteiger partial charge in [0, 0.05) is 19.3 Å². The van der Waals surface area contributed by atoms with Gasteiger partial charge in [-0.15, -0.1) is 5.10 Å². The zero-order valence-electron chi connectivity index (χ0n) is 13.4. The zero-order valence-corrected chi connectivity index (χ0v) is 15.0. The summed E-state index contributed by atoms with van der Waals surface area (Å²) in [5, 5.41) is 14.6. The Bertz CT molecular complexity index is 1010. The third kappa shape index (κ3) is 4.27. The minimum atomic E-state index is -0.360. The van der Waals surface area contributed by atoms with Crippen LogP contribution in [0, 0.1) is 0 Å². The number of fused-ring (bicyclic) bond motifs is 1. The number of anilines is 1. The lowest BCUT2D eigenvalue weighted by Crippen LogP contribution is -2.36. The van der Waals surface area contributed by atoms with E-state index >= 15 is 0 Å². The highest BCUT2D eigenvalue weighted by Gasteiger charge is 2.09. The number of carbonyl (C=O) groups excluding carboxylic acids is 1. The van der Waals surface area contributed by atoms with Gasteiger partial charge in [-0.05, 0) is 18.2 Å². The Balaban J connectivity index is 1.53. The summed E-state index contributed by atoms with van der Waals surface area (Å²) in [5.41, 5.74) is 0.131. The van der Waals surface area contributed by atoms with E-state index in [1.54, 1.807) is 30.3 Å². The van der Waals surface area contributed by atoms with Crippen LogP contribution in [0.1, 0.15) is 0 Å². The van der Waals surface area contributed by atoms with Gasteiger partial charge in [0.15, 0.2) is 0 Å². The minimum Gasteiger partial charge on any atom is -0.367 e. The van der Waals surface area contributed by atoms with E-state index in [1.807, 2.05) is 0 Å². The number of benzene rings is 1. The molecule has 1 amide bonds. The molecular formula is C16H14Cl2N6O2. The molecule has 2 heterocycles. The van der Waals surface area contributed by atoms with E-state index in [4.69, 9.17) is 23.2 Å². The van der Waals surface area contributed by atoms with Gasteiger partial charge in [-0.2, -0.15) is 0 Å². The molecule has 0 aliphatic heterocycles. The number of nitrogens with zero attached hydrogens (tertiary/aromatic N) is 4. The summed E-state index contributed by atoms with van der Waals surface area (Å²) in [6, 6.07) is 8.41. The quantitative estimate of drug-likeness (QED) is 0.619. The molecule has 1 aromatic carbocycles. The number of rotatable bonds is 6. The Morgan fingerprint density at radius 1 is 1.19 bits per heavy atom. The molecule has 0 spiro atoms. The molecule has 2 aromatic heterocycles. The van der Waals surface area contributed by atoms with Crippen molar-refractivity contribution < 1.29 is 4.79 Å². The predicted molar refractivity (Wildman–Crippen MR) is 99.6 cm³/mol. The fraction of sp³-hybridized carbons (Fsp3) is 0.188. The monoisotopic (exact) mass is 392 g/mol. The molecule has 0 atom stereocenters. The third-order valence-electron chi connectivity index (χ3n) is 3.47. The topological polar surface area (TPSA) is 102 Å². The molecule has 10 heteroatoms. The second-order valence-corrected chi connectivity index (χ2v) is 6.17. The predicted octanol–water partition coefficient (Wildman–Crippen LogP) is 1.72. The lowest BCUT2D eigenvalue weighted by atomic mass is 10.2. The SMILES string of the molecule is O=C(Cn1nnc2ccccc2c1=O)NCCNc1ncc(Cl)cc1Cl. The molecule has 0 saturated carbocycles. The average Bonchev–Trinajstić information content (AvgIpc) is 2.63. The van der Waals surface area contributed by atoms with Crippen LogP contribution in [0.15, 0.2) is 41.3 Å². The molecule has 0 bridgehead atoms. The Morgan fingerprint density at radius 3 is 2.81 bits per heavy atom. The molecule has 8 nitrogen and oxygen atoms in total. The van der Waals surface area contributed by atoms with Crippen molar-refractivity contribution in [3.63, 3.8) is 0 Å². The van der Waals surface area contributed by atoms with Gasteiger partial charge in [0.05, 0.1) is 15.4 Å². The van der Waals surface area contributed by atoms with E-state index in [1.165, 1.54) is 6.20 Å². The van der Waals surface area contributed by atoms with Crippen molar-refractivity contribution in [2.45, 2.75) is 6.54 Å². The van der Waals surface area contributed by atoms with Crippen molar-refractivity contribution in [3.8, 4) is 0 Å². The number of nitrogens with one attached hydrogen (secondary N) is 2. The van der Waals surface area contributed by atoms with Gasteiger partial charge in [0.25, 0.3) is 5.56 Å². The standard InChI is InChI=1S/C16H14Cl2N6O2/c17-10-7-12(18)15(21-8-10)20-6-5-19-14(25)9-24-16(26)11-3-1-2-4-13(11)22-23-24/h1-4,7-8H,5-6,9H2,(H,19,25)(H,20,21). The molecule has 3 rings (SSSR count). The molecule has 0 saturated heterocycles. The number of hydrogen-bond donors (Lipinski definition) is 2. The Hall–Kier alpha value is -2.71. The van der Waals surface area contributed by atoms with Crippen LogP contribution in [0.3, 0.4) is 0 Å². The highest BCUT2D eigenvalue weighted by atomic mass is 35.5. The van der Waals surface area contributed by atoms with Crippen LogP contribution >= 0.6 is 23.2 Å². The van der Waals surface area contributed by atoms with Crippen molar-refractivity contribution in [2.75, 3.05) is 18.4 Å². The van der Waals surface area contributed by atoms with Gasteiger partial charge in [0.2, 0.25) is 5.91 Å². The van der Waals surface area contributed by atoms with E-state index < -0.39 is 0 Å². The molecule has 0 unspecified atom stereocenters. The van der Waals surface area contributed by atoms with Gasteiger partial charge in [0.1, 0.15) is 17.9 Å². The lowest BCUT2D eigenvalue weighted by Gasteiger charge is -2.09.